The molecule has 3 aliphatic heterocycles. The van der Waals surface area contributed by atoms with Crippen LogP contribution < -0.4 is 49.3 Å². The molecule has 17 nitrogen and oxygen atoms in total. The van der Waals surface area contributed by atoms with Gasteiger partial charge in [0.25, 0.3) is 17.7 Å². The van der Waals surface area contributed by atoms with Crippen LogP contribution in [0.2, 0.25) is 5.15 Å². The van der Waals surface area contributed by atoms with Gasteiger partial charge in [-0.25, -0.2) is 26.8 Å². The Morgan fingerprint density at radius 1 is 0.705 bits per heavy atom. The quantitative estimate of drug-likeness (QED) is 0.0927. The summed E-state index contributed by atoms with van der Waals surface area (Å²) in [5.41, 5.74) is 13.9. The van der Waals surface area contributed by atoms with Crippen LogP contribution in [0.3, 0.4) is 0 Å². The summed E-state index contributed by atoms with van der Waals surface area (Å²) in [4.78, 5) is 46.0. The normalized spacial score (nSPS) is 22.7. The van der Waals surface area contributed by atoms with Crippen molar-refractivity contribution in [2.24, 2.45) is 0 Å². The molecule has 7 N–H and O–H groups in total. The van der Waals surface area contributed by atoms with Crippen LogP contribution in [0.15, 0.2) is 48.5 Å². The lowest BCUT2D eigenvalue weighted by Gasteiger charge is -2.45. The van der Waals surface area contributed by atoms with Crippen LogP contribution in [0.4, 0.5) is 11.6 Å². The van der Waals surface area contributed by atoms with Crippen molar-refractivity contribution >= 4 is 60.6 Å². The molecule has 2 unspecified atom stereocenters. The number of carbonyl (C=O) groups is 3. The topological polar surface area (TPSA) is 252 Å². The van der Waals surface area contributed by atoms with E-state index in [2.05, 4.69) is 25.9 Å². The van der Waals surface area contributed by atoms with Crippen LogP contribution in [0, 0.1) is 0 Å². The number of carbonyl (C=O) groups excluding carboxylic acids is 3. The Morgan fingerprint density at radius 2 is 1.20 bits per heavy atom. The molecule has 61 heavy (non-hydrogen) atoms. The zero-order valence-electron chi connectivity index (χ0n) is 33.8. The first kappa shape index (κ1) is 47.6. The number of aryl methyl sites for hydroxylation is 2. The second-order valence-corrected chi connectivity index (χ2v) is 20.9. The molecule has 4 heterocycles. The van der Waals surface area contributed by atoms with Crippen LogP contribution >= 0.6 is 11.6 Å². The fourth-order valence-corrected chi connectivity index (χ4v) is 11.7. The van der Waals surface area contributed by atoms with E-state index in [0.29, 0.717) is 30.9 Å². The van der Waals surface area contributed by atoms with E-state index in [9.17, 15) is 31.2 Å². The number of amides is 3. The summed E-state index contributed by atoms with van der Waals surface area (Å²) in [6, 6.07) is 14.3. The third-order valence-electron chi connectivity index (χ3n) is 11.2. The Morgan fingerprint density at radius 3 is 1.66 bits per heavy atom. The predicted octanol–water partition coefficient (Wildman–Crippen LogP) is -1.36. The van der Waals surface area contributed by atoms with E-state index >= 15 is 0 Å². The molecule has 0 saturated carbocycles. The lowest BCUT2D eigenvalue weighted by molar-refractivity contribution is -0.933. The largest absolute Gasteiger partial charge is 1.00 e. The number of nitrogens with two attached hydrogens (primary N) is 2. The van der Waals surface area contributed by atoms with Crippen LogP contribution in [0.1, 0.15) is 60.1 Å². The molecule has 0 spiro atoms. The number of likely N-dealkylation sites (tertiary alicyclic amines) is 1. The molecule has 3 amide bonds. The Bertz CT molecular complexity index is 2120. The van der Waals surface area contributed by atoms with Crippen molar-refractivity contribution in [2.45, 2.75) is 69.5 Å². The van der Waals surface area contributed by atoms with Gasteiger partial charge in [-0.3, -0.25) is 14.4 Å². The standard InChI is InChI=1S/C40H53ClN8O9S2.ClH/c41-37-39(43)48-38(42)36(47-37)40(52)46-29-6-3-19-49(22-29,17-1-4-27-7-11-32(12-8-27)57-23-34(50)44-30-15-20-59(53,54)25-30)18-2-5-28-9-13-33(14-10-28)58-24-35(51)45-31-16-21-60(55,56)26-31;/h7-14,29-31H,1-6,15-26H2,(H6-,42,43,44,45,46,48,50,51,52);1H/t29-,30?,31?,49?;/m0./s1. The molecular weight excluding hydrogens is 872 g/mol. The third-order valence-corrected chi connectivity index (χ3v) is 15.0. The van der Waals surface area contributed by atoms with Gasteiger partial charge < -0.3 is 53.8 Å². The number of rotatable bonds is 18. The highest BCUT2D eigenvalue weighted by molar-refractivity contribution is 7.91. The maximum atomic E-state index is 13.3. The molecule has 3 atom stereocenters. The zero-order chi connectivity index (χ0) is 42.9. The first-order valence-corrected chi connectivity index (χ1v) is 24.2. The summed E-state index contributed by atoms with van der Waals surface area (Å²) in [5.74, 6) is -0.129. The minimum atomic E-state index is -3.09. The van der Waals surface area contributed by atoms with Crippen LogP contribution in [0.25, 0.3) is 0 Å². The summed E-state index contributed by atoms with van der Waals surface area (Å²) in [6.07, 6.45) is 5.91. The minimum absolute atomic E-state index is 0. The lowest BCUT2D eigenvalue weighted by atomic mass is 9.99. The minimum Gasteiger partial charge on any atom is -1.00 e. The maximum absolute atomic E-state index is 13.3. The number of nitrogens with one attached hydrogen (secondary N) is 3. The van der Waals surface area contributed by atoms with Gasteiger partial charge in [-0.1, -0.05) is 35.9 Å². The van der Waals surface area contributed by atoms with Crippen molar-refractivity contribution in [3.8, 4) is 11.5 Å². The number of hydrogen-bond acceptors (Lipinski definition) is 13. The number of benzene rings is 2. The summed E-state index contributed by atoms with van der Waals surface area (Å²) in [6.45, 7) is 3.01. The number of sulfone groups is 2. The smallest absolute Gasteiger partial charge is 0.274 e. The Hall–Kier alpha value is -4.43. The van der Waals surface area contributed by atoms with Crippen molar-refractivity contribution < 1.29 is 57.6 Å². The first-order chi connectivity index (χ1) is 28.5. The van der Waals surface area contributed by atoms with E-state index in [4.69, 9.17) is 32.5 Å². The van der Waals surface area contributed by atoms with Gasteiger partial charge in [0.2, 0.25) is 0 Å². The summed E-state index contributed by atoms with van der Waals surface area (Å²) < 4.78 is 58.9. The summed E-state index contributed by atoms with van der Waals surface area (Å²) in [5, 5.41) is 8.50. The third kappa shape index (κ3) is 14.3. The number of nitrogens with zero attached hydrogens (tertiary/aromatic N) is 3. The van der Waals surface area contributed by atoms with Gasteiger partial charge in [0.15, 0.2) is 55.4 Å². The Labute approximate surface area is 367 Å². The highest BCUT2D eigenvalue weighted by Crippen LogP contribution is 2.25. The monoisotopic (exact) mass is 924 g/mol. The molecular formula is C40H54Cl2N8O9S2. The molecule has 334 valence electrons. The van der Waals surface area contributed by atoms with Crippen molar-refractivity contribution in [3.63, 3.8) is 0 Å². The fraction of sp³-hybridized carbons (Fsp3) is 0.525. The Balaban J connectivity index is 0.00000704. The van der Waals surface area contributed by atoms with Gasteiger partial charge in [-0.2, -0.15) is 0 Å². The molecule has 6 rings (SSSR count). The molecule has 3 saturated heterocycles. The van der Waals surface area contributed by atoms with Gasteiger partial charge >= 0.3 is 0 Å². The first-order valence-electron chi connectivity index (χ1n) is 20.2. The fourth-order valence-electron chi connectivity index (χ4n) is 8.22. The van der Waals surface area contributed by atoms with E-state index in [1.54, 1.807) is 0 Å². The zero-order valence-corrected chi connectivity index (χ0v) is 37.0. The molecule has 2 aromatic carbocycles. The molecule has 3 aliphatic rings. The second-order valence-electron chi connectivity index (χ2n) is 16.0. The van der Waals surface area contributed by atoms with Gasteiger partial charge in [-0.15, -0.1) is 0 Å². The van der Waals surface area contributed by atoms with Crippen molar-refractivity contribution in [1.29, 1.82) is 0 Å². The van der Waals surface area contributed by atoms with Gasteiger partial charge in [0, 0.05) is 24.9 Å². The molecule has 0 radical (unpaired) electrons. The highest BCUT2D eigenvalue weighted by atomic mass is 35.5. The number of piperidine rings is 1. The average molecular weight is 926 g/mol. The van der Waals surface area contributed by atoms with Crippen molar-refractivity contribution in [3.05, 3.63) is 70.5 Å². The highest BCUT2D eigenvalue weighted by Gasteiger charge is 2.36. The number of aromatic nitrogens is 2. The Kier molecular flexibility index (Phi) is 16.5. The van der Waals surface area contributed by atoms with E-state index in [1.807, 2.05) is 48.5 Å². The lowest BCUT2D eigenvalue weighted by Crippen LogP contribution is -3.00. The van der Waals surface area contributed by atoms with E-state index in [1.165, 1.54) is 0 Å². The molecule has 0 bridgehead atoms. The summed E-state index contributed by atoms with van der Waals surface area (Å²) in [7, 11) is -6.19. The number of hydrogen-bond donors (Lipinski definition) is 5. The van der Waals surface area contributed by atoms with E-state index < -0.39 is 25.6 Å². The van der Waals surface area contributed by atoms with Crippen LogP contribution in [-0.2, 0) is 42.1 Å². The van der Waals surface area contributed by atoms with Crippen LogP contribution in [-0.4, -0.2) is 130 Å². The van der Waals surface area contributed by atoms with E-state index in [0.717, 1.165) is 73.8 Å². The van der Waals surface area contributed by atoms with Gasteiger partial charge in [0.1, 0.15) is 11.5 Å². The van der Waals surface area contributed by atoms with Gasteiger partial charge in [0.05, 0.1) is 55.2 Å². The summed E-state index contributed by atoms with van der Waals surface area (Å²) >= 11 is 6.06. The maximum Gasteiger partial charge on any atom is 0.274 e. The number of halogens is 2. The number of anilines is 2. The molecule has 3 aromatic rings. The number of nitrogen functional groups attached to an aromatic ring is 2. The average Bonchev–Trinajstić information content (AvgIpc) is 3.73. The number of quaternary nitrogens is 1. The molecule has 3 fully saturated rings. The SMILES string of the molecule is Nc1nc(N)c(C(=O)N[C@H]2CCC[N+](CCCc3ccc(OCC(=O)NC4CCS(=O)(=O)C4)cc3)(CCCc3ccc(OCC(=O)NC4CCS(=O)(=O)C4)cc3)C2)nc1Cl.[Cl-]. The number of ether oxygens (including phenoxy) is 2. The molecule has 21 heteroatoms. The second kappa shape index (κ2) is 21.1. The van der Waals surface area contributed by atoms with Crippen LogP contribution in [0.5, 0.6) is 11.5 Å². The van der Waals surface area contributed by atoms with Gasteiger partial charge in [-0.05, 0) is 73.9 Å². The molecule has 1 aromatic heterocycles. The van der Waals surface area contributed by atoms with Crippen molar-refractivity contribution in [1.82, 2.24) is 25.9 Å². The van der Waals surface area contributed by atoms with E-state index in [-0.39, 0.29) is 101 Å². The predicted molar refractivity (Wildman–Crippen MR) is 227 cm³/mol. The molecule has 0 aliphatic carbocycles. The van der Waals surface area contributed by atoms with Crippen molar-refractivity contribution in [2.75, 3.05) is 73.9 Å².